The third kappa shape index (κ3) is 6.10. The molecule has 0 fully saturated rings. The number of amides is 1. The number of hydrogen-bond donors (Lipinski definition) is 3. The minimum atomic E-state index is -1.08. The molecule has 46 valence electrons. The van der Waals surface area contributed by atoms with Crippen LogP contribution in [0.25, 0.3) is 0 Å². The van der Waals surface area contributed by atoms with Crippen molar-refractivity contribution in [3.8, 4) is 0 Å². The highest BCUT2D eigenvalue weighted by molar-refractivity contribution is 8.06. The van der Waals surface area contributed by atoms with Crippen LogP contribution in [0.3, 0.4) is 0 Å². The second-order valence-electron chi connectivity index (χ2n) is 0.692. The summed E-state index contributed by atoms with van der Waals surface area (Å²) in [5.74, 6) is 0. The summed E-state index contributed by atoms with van der Waals surface area (Å²) in [6.07, 6.45) is -1.08. The molecule has 1 amide bonds. The molecule has 3 N–H and O–H groups in total. The van der Waals surface area contributed by atoms with E-state index < -0.39 is 6.09 Å². The van der Waals surface area contributed by atoms with Crippen molar-refractivity contribution in [1.82, 2.24) is 9.21 Å². The van der Waals surface area contributed by atoms with Gasteiger partial charge in [0, 0.05) is 12.1 Å². The predicted octanol–water partition coefficient (Wildman–Crippen LogP) is 0.730. The molecule has 0 aromatic heterocycles. The standard InChI is InChI=1S/CH3N2O2PS2/c4-1(5)2-8-3-6-7/h2H,(H,3,7)(H,4,5). The van der Waals surface area contributed by atoms with Gasteiger partial charge in [-0.25, -0.2) is 4.79 Å². The molecule has 0 aromatic carbocycles. The van der Waals surface area contributed by atoms with Crippen LogP contribution in [-0.2, 0) is 11.8 Å². The van der Waals surface area contributed by atoms with Crippen LogP contribution in [0, 0.1) is 0 Å². The molecule has 0 rings (SSSR count). The van der Waals surface area contributed by atoms with Gasteiger partial charge in [0.2, 0.25) is 0 Å². The van der Waals surface area contributed by atoms with Gasteiger partial charge < -0.3 is 5.11 Å². The lowest BCUT2D eigenvalue weighted by atomic mass is 11.3. The highest BCUT2D eigenvalue weighted by Gasteiger charge is 1.88. The molecule has 0 bridgehead atoms. The van der Waals surface area contributed by atoms with Gasteiger partial charge >= 0.3 is 6.09 Å². The first-order valence-electron chi connectivity index (χ1n) is 1.49. The maximum absolute atomic E-state index is 9.67. The largest absolute Gasteiger partial charge is 0.464 e. The van der Waals surface area contributed by atoms with Crippen molar-refractivity contribution in [2.24, 2.45) is 0 Å². The Morgan fingerprint density at radius 2 is 2.50 bits per heavy atom. The molecule has 0 unspecified atom stereocenters. The lowest BCUT2D eigenvalue weighted by molar-refractivity contribution is 0.202. The van der Waals surface area contributed by atoms with Gasteiger partial charge in [-0.3, -0.25) is 4.72 Å². The van der Waals surface area contributed by atoms with Gasteiger partial charge in [-0.15, -0.1) is 0 Å². The minimum absolute atomic E-state index is 0.521. The molecular formula is CH3N2O2PS2. The molecule has 0 saturated carbocycles. The molecule has 0 heterocycles. The first kappa shape index (κ1) is 8.10. The normalized spacial score (nSPS) is 9.00. The van der Waals surface area contributed by atoms with Crippen LogP contribution in [0.1, 0.15) is 0 Å². The molecule has 0 atom stereocenters. The summed E-state index contributed by atoms with van der Waals surface area (Å²) in [7, 11) is 0.521. The van der Waals surface area contributed by atoms with E-state index in [-0.39, 0.29) is 0 Å². The Morgan fingerprint density at radius 3 is 2.88 bits per heavy atom. The van der Waals surface area contributed by atoms with Crippen molar-refractivity contribution < 1.29 is 9.90 Å². The SMILES string of the molecule is O=C(O)NSNP=S. The fourth-order valence-corrected chi connectivity index (χ4v) is 0.839. The van der Waals surface area contributed by atoms with Gasteiger partial charge in [0.15, 0.2) is 0 Å². The van der Waals surface area contributed by atoms with E-state index in [9.17, 15) is 4.79 Å². The van der Waals surface area contributed by atoms with E-state index in [1.54, 1.807) is 0 Å². The molecule has 4 nitrogen and oxygen atoms in total. The van der Waals surface area contributed by atoms with Crippen molar-refractivity contribution in [2.75, 3.05) is 0 Å². The Labute approximate surface area is 57.2 Å². The van der Waals surface area contributed by atoms with Gasteiger partial charge in [-0.05, 0) is 11.8 Å². The second kappa shape index (κ2) is 5.24. The molecule has 0 spiro atoms. The third-order valence-electron chi connectivity index (χ3n) is 0.221. The van der Waals surface area contributed by atoms with E-state index >= 15 is 0 Å². The smallest absolute Gasteiger partial charge is 0.415 e. The minimum Gasteiger partial charge on any atom is -0.464 e. The molecule has 7 heteroatoms. The van der Waals surface area contributed by atoms with Crippen LogP contribution in [0.4, 0.5) is 4.79 Å². The van der Waals surface area contributed by atoms with Crippen molar-refractivity contribution in [1.29, 1.82) is 0 Å². The lowest BCUT2D eigenvalue weighted by Gasteiger charge is -1.91. The zero-order valence-electron chi connectivity index (χ0n) is 3.62. The van der Waals surface area contributed by atoms with E-state index in [4.69, 9.17) is 5.11 Å². The number of carbonyl (C=O) groups is 1. The van der Waals surface area contributed by atoms with Crippen LogP contribution >= 0.6 is 19.6 Å². The Balaban J connectivity index is 2.93. The van der Waals surface area contributed by atoms with Crippen LogP contribution in [-0.4, -0.2) is 11.2 Å². The maximum atomic E-state index is 9.67. The number of carboxylic acid groups (broad SMARTS) is 1. The topological polar surface area (TPSA) is 61.4 Å². The van der Waals surface area contributed by atoms with E-state index in [1.807, 2.05) is 4.72 Å². The van der Waals surface area contributed by atoms with Crippen LogP contribution in [0.5, 0.6) is 0 Å². The van der Waals surface area contributed by atoms with Gasteiger partial charge in [0.25, 0.3) is 0 Å². The fourth-order valence-electron chi connectivity index (χ4n) is 0.0851. The summed E-state index contributed by atoms with van der Waals surface area (Å²) >= 11 is 5.26. The van der Waals surface area contributed by atoms with E-state index in [0.717, 1.165) is 12.1 Å². The maximum Gasteiger partial charge on any atom is 0.415 e. The van der Waals surface area contributed by atoms with E-state index in [1.165, 1.54) is 0 Å². The molecule has 0 aliphatic carbocycles. The summed E-state index contributed by atoms with van der Waals surface area (Å²) in [6, 6.07) is 0. The summed E-state index contributed by atoms with van der Waals surface area (Å²) in [4.78, 5) is 9.67. The predicted molar refractivity (Wildman–Crippen MR) is 36.2 cm³/mol. The van der Waals surface area contributed by atoms with Crippen molar-refractivity contribution >= 4 is 37.5 Å². The van der Waals surface area contributed by atoms with E-state index in [0.29, 0.717) is 7.51 Å². The number of nitrogens with one attached hydrogen (secondary N) is 2. The van der Waals surface area contributed by atoms with Crippen LogP contribution in [0.15, 0.2) is 0 Å². The Morgan fingerprint density at radius 1 is 1.88 bits per heavy atom. The molecule has 0 aliphatic rings. The summed E-state index contributed by atoms with van der Waals surface area (Å²) in [5, 5.41) is 7.93. The third-order valence-corrected chi connectivity index (χ3v) is 1.83. The van der Waals surface area contributed by atoms with Crippen molar-refractivity contribution in [3.63, 3.8) is 0 Å². The Kier molecular flexibility index (Phi) is 5.31. The zero-order chi connectivity index (χ0) is 6.41. The zero-order valence-corrected chi connectivity index (χ0v) is 6.15. The molecule has 0 saturated heterocycles. The van der Waals surface area contributed by atoms with Gasteiger partial charge in [0.05, 0.1) is 7.51 Å². The van der Waals surface area contributed by atoms with Gasteiger partial charge in [-0.2, -0.15) is 4.49 Å². The lowest BCUT2D eigenvalue weighted by Crippen LogP contribution is -2.14. The van der Waals surface area contributed by atoms with E-state index in [2.05, 4.69) is 16.3 Å². The summed E-state index contributed by atoms with van der Waals surface area (Å²) in [6.45, 7) is 0. The average Bonchev–Trinajstić information content (AvgIpc) is 1.66. The van der Waals surface area contributed by atoms with Crippen molar-refractivity contribution in [3.05, 3.63) is 0 Å². The fraction of sp³-hybridized carbons (Fsp3) is 0. The molecule has 0 aliphatic heterocycles. The second-order valence-corrected chi connectivity index (χ2v) is 2.56. The molecule has 8 heavy (non-hydrogen) atoms. The Hall–Kier alpha value is 0.100. The number of rotatable bonds is 3. The highest BCUT2D eigenvalue weighted by Crippen LogP contribution is 1.92. The number of hydrogen-bond acceptors (Lipinski definition) is 3. The highest BCUT2D eigenvalue weighted by atomic mass is 32.4. The average molecular weight is 170 g/mol. The monoisotopic (exact) mass is 170 g/mol. The van der Waals surface area contributed by atoms with Gasteiger partial charge in [-0.1, -0.05) is 0 Å². The summed E-state index contributed by atoms with van der Waals surface area (Å²) in [5.41, 5.74) is 0. The Bertz CT molecular complexity index is 98.0. The van der Waals surface area contributed by atoms with Crippen molar-refractivity contribution in [2.45, 2.75) is 0 Å². The first-order valence-corrected chi connectivity index (χ1v) is 4.22. The molecule has 0 aromatic rings. The first-order chi connectivity index (χ1) is 3.77. The van der Waals surface area contributed by atoms with Crippen LogP contribution in [0.2, 0.25) is 0 Å². The molecule has 0 radical (unpaired) electrons. The van der Waals surface area contributed by atoms with Gasteiger partial charge in [0.1, 0.15) is 0 Å². The summed E-state index contributed by atoms with van der Waals surface area (Å²) < 4.78 is 4.49. The molecular weight excluding hydrogens is 167 g/mol. The quantitative estimate of drug-likeness (QED) is 0.331. The van der Waals surface area contributed by atoms with Crippen LogP contribution < -0.4 is 9.21 Å².